The summed E-state index contributed by atoms with van der Waals surface area (Å²) in [6.07, 6.45) is 0. The van der Waals surface area contributed by atoms with Gasteiger partial charge in [-0.05, 0) is 30.9 Å². The molecule has 0 unspecified atom stereocenters. The summed E-state index contributed by atoms with van der Waals surface area (Å²) in [7, 11) is 0. The maximum atomic E-state index is 11.7. The number of amides is 1. The van der Waals surface area contributed by atoms with Crippen LogP contribution in [0.5, 0.6) is 0 Å². The Bertz CT molecular complexity index is 375. The second-order valence-corrected chi connectivity index (χ2v) is 5.31. The van der Waals surface area contributed by atoms with Crippen LogP contribution in [0, 0.1) is 6.92 Å². The van der Waals surface area contributed by atoms with E-state index in [2.05, 4.69) is 23.3 Å². The molecule has 16 heavy (non-hydrogen) atoms. The minimum atomic E-state index is 0.265. The quantitative estimate of drug-likeness (QED) is 0.800. The lowest BCUT2D eigenvalue weighted by Crippen LogP contribution is -2.49. The van der Waals surface area contributed by atoms with Gasteiger partial charge < -0.3 is 4.90 Å². The number of carbonyl (C=O) groups excluding carboxylic acids is 1. The Morgan fingerprint density at radius 2 is 2.25 bits per heavy atom. The van der Waals surface area contributed by atoms with Gasteiger partial charge in [0.25, 0.3) is 0 Å². The van der Waals surface area contributed by atoms with Crippen LogP contribution in [0.3, 0.4) is 0 Å². The van der Waals surface area contributed by atoms with Crippen LogP contribution >= 0.6 is 11.3 Å². The van der Waals surface area contributed by atoms with E-state index in [1.807, 2.05) is 11.8 Å². The van der Waals surface area contributed by atoms with E-state index in [4.69, 9.17) is 0 Å². The highest BCUT2D eigenvalue weighted by Crippen LogP contribution is 2.18. The SMILES string of the molecule is CCN1CCN(Cc2ccsc2C)CC1=O. The van der Waals surface area contributed by atoms with Gasteiger partial charge in [0.2, 0.25) is 5.91 Å². The van der Waals surface area contributed by atoms with Crippen LogP contribution in [-0.4, -0.2) is 41.9 Å². The second-order valence-electron chi connectivity index (χ2n) is 4.19. The predicted octanol–water partition coefficient (Wildman–Crippen LogP) is 1.72. The Balaban J connectivity index is 1.94. The maximum Gasteiger partial charge on any atom is 0.236 e. The van der Waals surface area contributed by atoms with Crippen molar-refractivity contribution in [3.8, 4) is 0 Å². The third kappa shape index (κ3) is 2.44. The van der Waals surface area contributed by atoms with Crippen molar-refractivity contribution < 1.29 is 4.79 Å². The first-order valence-corrected chi connectivity index (χ1v) is 6.61. The molecule has 0 aliphatic carbocycles. The molecular formula is C12H18N2OS. The third-order valence-electron chi connectivity index (χ3n) is 3.14. The number of rotatable bonds is 3. The van der Waals surface area contributed by atoms with Crippen molar-refractivity contribution in [3.63, 3.8) is 0 Å². The van der Waals surface area contributed by atoms with Gasteiger partial charge in [-0.2, -0.15) is 0 Å². The first-order chi connectivity index (χ1) is 7.70. The van der Waals surface area contributed by atoms with E-state index in [9.17, 15) is 4.79 Å². The molecule has 3 nitrogen and oxygen atoms in total. The van der Waals surface area contributed by atoms with Crippen LogP contribution in [0.2, 0.25) is 0 Å². The highest BCUT2D eigenvalue weighted by Gasteiger charge is 2.22. The highest BCUT2D eigenvalue weighted by atomic mass is 32.1. The summed E-state index contributed by atoms with van der Waals surface area (Å²) in [5.74, 6) is 0.265. The van der Waals surface area contributed by atoms with Crippen LogP contribution < -0.4 is 0 Å². The molecule has 1 aliphatic heterocycles. The van der Waals surface area contributed by atoms with E-state index in [0.717, 1.165) is 26.2 Å². The Morgan fingerprint density at radius 1 is 1.44 bits per heavy atom. The van der Waals surface area contributed by atoms with Crippen molar-refractivity contribution in [2.75, 3.05) is 26.2 Å². The lowest BCUT2D eigenvalue weighted by atomic mass is 10.2. The average Bonchev–Trinajstić information content (AvgIpc) is 2.65. The van der Waals surface area contributed by atoms with E-state index in [-0.39, 0.29) is 5.91 Å². The van der Waals surface area contributed by atoms with Crippen molar-refractivity contribution in [2.45, 2.75) is 20.4 Å². The molecule has 0 spiro atoms. The summed E-state index contributed by atoms with van der Waals surface area (Å²) < 4.78 is 0. The molecule has 0 radical (unpaired) electrons. The molecule has 0 N–H and O–H groups in total. The minimum Gasteiger partial charge on any atom is -0.341 e. The number of piperazine rings is 1. The summed E-state index contributed by atoms with van der Waals surface area (Å²) in [5.41, 5.74) is 1.36. The van der Waals surface area contributed by atoms with Crippen LogP contribution in [0.4, 0.5) is 0 Å². The van der Waals surface area contributed by atoms with Crippen LogP contribution in [0.25, 0.3) is 0 Å². The minimum absolute atomic E-state index is 0.265. The topological polar surface area (TPSA) is 23.6 Å². The molecule has 0 aromatic carbocycles. The van der Waals surface area contributed by atoms with E-state index in [1.54, 1.807) is 11.3 Å². The number of likely N-dealkylation sites (N-methyl/N-ethyl adjacent to an activating group) is 1. The van der Waals surface area contributed by atoms with Gasteiger partial charge in [-0.3, -0.25) is 9.69 Å². The zero-order valence-electron chi connectivity index (χ0n) is 9.90. The van der Waals surface area contributed by atoms with E-state index in [1.165, 1.54) is 10.4 Å². The van der Waals surface area contributed by atoms with E-state index < -0.39 is 0 Å². The summed E-state index contributed by atoms with van der Waals surface area (Å²) in [6, 6.07) is 2.16. The lowest BCUT2D eigenvalue weighted by molar-refractivity contribution is -0.135. The Labute approximate surface area is 101 Å². The maximum absolute atomic E-state index is 11.7. The smallest absolute Gasteiger partial charge is 0.236 e. The second kappa shape index (κ2) is 4.97. The van der Waals surface area contributed by atoms with Gasteiger partial charge in [0.15, 0.2) is 0 Å². The number of hydrogen-bond donors (Lipinski definition) is 0. The van der Waals surface area contributed by atoms with Gasteiger partial charge in [0.05, 0.1) is 6.54 Å². The van der Waals surface area contributed by atoms with Gasteiger partial charge in [-0.25, -0.2) is 0 Å². The van der Waals surface area contributed by atoms with Crippen molar-refractivity contribution >= 4 is 17.2 Å². The normalized spacial score (nSPS) is 18.1. The number of aryl methyl sites for hydroxylation is 1. The molecule has 1 aliphatic rings. The van der Waals surface area contributed by atoms with Crippen molar-refractivity contribution in [1.82, 2.24) is 9.80 Å². The van der Waals surface area contributed by atoms with Crippen LogP contribution in [0.15, 0.2) is 11.4 Å². The number of nitrogens with zero attached hydrogens (tertiary/aromatic N) is 2. The average molecular weight is 238 g/mol. The summed E-state index contributed by atoms with van der Waals surface area (Å²) >= 11 is 1.78. The van der Waals surface area contributed by atoms with Gasteiger partial charge >= 0.3 is 0 Å². The molecule has 1 aromatic heterocycles. The zero-order valence-corrected chi connectivity index (χ0v) is 10.7. The molecule has 2 heterocycles. The Morgan fingerprint density at radius 3 is 2.81 bits per heavy atom. The fourth-order valence-electron chi connectivity index (χ4n) is 2.04. The largest absolute Gasteiger partial charge is 0.341 e. The fourth-order valence-corrected chi connectivity index (χ4v) is 2.76. The number of carbonyl (C=O) groups is 1. The van der Waals surface area contributed by atoms with Gasteiger partial charge in [-0.15, -0.1) is 11.3 Å². The Hall–Kier alpha value is -0.870. The lowest BCUT2D eigenvalue weighted by Gasteiger charge is -2.33. The standard InChI is InChI=1S/C12H18N2OS/c1-3-14-6-5-13(9-12(14)15)8-11-4-7-16-10(11)2/h4,7H,3,5-6,8-9H2,1-2H3. The van der Waals surface area contributed by atoms with Crippen molar-refractivity contribution in [1.29, 1.82) is 0 Å². The Kier molecular flexibility index (Phi) is 3.61. The highest BCUT2D eigenvalue weighted by molar-refractivity contribution is 7.10. The zero-order chi connectivity index (χ0) is 11.5. The molecule has 88 valence electrons. The third-order valence-corrected chi connectivity index (χ3v) is 4.03. The summed E-state index contributed by atoms with van der Waals surface area (Å²) in [5, 5.41) is 2.12. The summed E-state index contributed by atoms with van der Waals surface area (Å²) in [6.45, 7) is 8.37. The molecule has 0 saturated carbocycles. The van der Waals surface area contributed by atoms with E-state index in [0.29, 0.717) is 6.54 Å². The monoisotopic (exact) mass is 238 g/mol. The van der Waals surface area contributed by atoms with E-state index >= 15 is 0 Å². The van der Waals surface area contributed by atoms with Gasteiger partial charge in [-0.1, -0.05) is 0 Å². The van der Waals surface area contributed by atoms with Crippen LogP contribution in [0.1, 0.15) is 17.4 Å². The number of thiophene rings is 1. The first-order valence-electron chi connectivity index (χ1n) is 5.73. The molecule has 2 rings (SSSR count). The van der Waals surface area contributed by atoms with Crippen molar-refractivity contribution in [3.05, 3.63) is 21.9 Å². The van der Waals surface area contributed by atoms with Crippen molar-refractivity contribution in [2.24, 2.45) is 0 Å². The summed E-state index contributed by atoms with van der Waals surface area (Å²) in [4.78, 5) is 17.3. The van der Waals surface area contributed by atoms with Gasteiger partial charge in [0.1, 0.15) is 0 Å². The molecule has 4 heteroatoms. The molecule has 1 aromatic rings. The molecule has 0 bridgehead atoms. The molecular weight excluding hydrogens is 220 g/mol. The molecule has 1 saturated heterocycles. The molecule has 1 amide bonds. The molecule has 0 atom stereocenters. The fraction of sp³-hybridized carbons (Fsp3) is 0.583. The first kappa shape index (κ1) is 11.6. The number of hydrogen-bond acceptors (Lipinski definition) is 3. The van der Waals surface area contributed by atoms with Crippen LogP contribution in [-0.2, 0) is 11.3 Å². The van der Waals surface area contributed by atoms with Gasteiger partial charge in [0, 0.05) is 31.1 Å². The predicted molar refractivity (Wildman–Crippen MR) is 66.6 cm³/mol. The molecule has 1 fully saturated rings.